The molecule has 1 aromatic heterocycles. The second-order valence-corrected chi connectivity index (χ2v) is 8.54. The van der Waals surface area contributed by atoms with Gasteiger partial charge in [-0.2, -0.15) is 0 Å². The molecule has 1 N–H and O–H groups in total. The number of rotatable bonds is 6. The van der Waals surface area contributed by atoms with Crippen LogP contribution in [0.15, 0.2) is 32.9 Å². The van der Waals surface area contributed by atoms with Gasteiger partial charge in [0.2, 0.25) is 5.91 Å². The molecule has 112 valence electrons. The van der Waals surface area contributed by atoms with Crippen LogP contribution in [0.5, 0.6) is 0 Å². The number of halogens is 1. The molecule has 2 rings (SSSR count). The Hall–Kier alpha value is -0.760. The predicted octanol–water partition coefficient (Wildman–Crippen LogP) is 4.42. The average Bonchev–Trinajstić information content (AvgIpc) is 2.89. The van der Waals surface area contributed by atoms with Crippen LogP contribution in [0.4, 0.5) is 5.69 Å². The van der Waals surface area contributed by atoms with Crippen molar-refractivity contribution < 1.29 is 4.79 Å². The summed E-state index contributed by atoms with van der Waals surface area (Å²) in [4.78, 5) is 12.1. The summed E-state index contributed by atoms with van der Waals surface area (Å²) in [7, 11) is 0. The molecule has 0 radical (unpaired) electrons. The largest absolute Gasteiger partial charge is 0.325 e. The maximum Gasteiger partial charge on any atom is 0.237 e. The first kappa shape index (κ1) is 16.6. The monoisotopic (exact) mass is 359 g/mol. The van der Waals surface area contributed by atoms with Gasteiger partial charge in [-0.15, -0.1) is 10.2 Å². The molecule has 0 bridgehead atoms. The van der Waals surface area contributed by atoms with E-state index in [4.69, 9.17) is 11.6 Å². The number of aromatic nitrogens is 2. The summed E-state index contributed by atoms with van der Waals surface area (Å²) < 4.78 is 1.75. The Morgan fingerprint density at radius 2 is 2.00 bits per heavy atom. The Bertz CT molecular complexity index is 603. The summed E-state index contributed by atoms with van der Waals surface area (Å²) >= 11 is 10.4. The second kappa shape index (κ2) is 8.03. The highest BCUT2D eigenvalue weighted by atomic mass is 35.5. The van der Waals surface area contributed by atoms with Crippen LogP contribution in [-0.4, -0.2) is 27.1 Å². The molecule has 0 unspecified atom stereocenters. The lowest BCUT2D eigenvalue weighted by Gasteiger charge is -2.10. The fourth-order valence-electron chi connectivity index (χ4n) is 1.41. The van der Waals surface area contributed by atoms with Gasteiger partial charge in [-0.1, -0.05) is 53.4 Å². The molecule has 1 amide bonds. The molecule has 1 heterocycles. The molecule has 4 nitrogen and oxygen atoms in total. The van der Waals surface area contributed by atoms with Crippen molar-refractivity contribution in [1.82, 2.24) is 10.2 Å². The van der Waals surface area contributed by atoms with E-state index in [9.17, 15) is 4.79 Å². The first-order valence-electron chi connectivity index (χ1n) is 6.28. The molecule has 21 heavy (non-hydrogen) atoms. The molecule has 0 saturated carbocycles. The van der Waals surface area contributed by atoms with Crippen molar-refractivity contribution in [2.75, 3.05) is 11.1 Å². The number of nitrogens with zero attached hydrogens (tertiary/aromatic N) is 2. The molecule has 8 heteroatoms. The first-order chi connectivity index (χ1) is 10.1. The number of carbonyl (C=O) groups is 1. The Balaban J connectivity index is 1.90. The summed E-state index contributed by atoms with van der Waals surface area (Å²) in [5, 5.41) is 11.4. The maximum atomic E-state index is 12.1. The van der Waals surface area contributed by atoms with E-state index >= 15 is 0 Å². The second-order valence-electron chi connectivity index (χ2n) is 4.02. The van der Waals surface area contributed by atoms with E-state index in [0.29, 0.717) is 5.02 Å². The summed E-state index contributed by atoms with van der Waals surface area (Å²) in [5.74, 6) is 0.897. The Morgan fingerprint density at radius 3 is 2.67 bits per heavy atom. The van der Waals surface area contributed by atoms with E-state index in [-0.39, 0.29) is 11.2 Å². The fourth-order valence-corrected chi connectivity index (χ4v) is 4.60. The molecule has 0 aliphatic rings. The van der Waals surface area contributed by atoms with Crippen LogP contribution in [0.1, 0.15) is 13.8 Å². The van der Waals surface area contributed by atoms with E-state index < -0.39 is 0 Å². The van der Waals surface area contributed by atoms with Gasteiger partial charge in [0.05, 0.1) is 5.25 Å². The minimum Gasteiger partial charge on any atom is -0.325 e. The third kappa shape index (κ3) is 5.18. The summed E-state index contributed by atoms with van der Waals surface area (Å²) in [6, 6.07) is 7.04. The van der Waals surface area contributed by atoms with Gasteiger partial charge >= 0.3 is 0 Å². The lowest BCUT2D eigenvalue weighted by atomic mass is 10.3. The van der Waals surface area contributed by atoms with Gasteiger partial charge in [0.25, 0.3) is 0 Å². The van der Waals surface area contributed by atoms with Gasteiger partial charge < -0.3 is 5.32 Å². The van der Waals surface area contributed by atoms with Crippen molar-refractivity contribution in [3.05, 3.63) is 29.3 Å². The average molecular weight is 360 g/mol. The number of hydrogen-bond acceptors (Lipinski definition) is 6. The van der Waals surface area contributed by atoms with Crippen LogP contribution in [-0.2, 0) is 4.79 Å². The lowest BCUT2D eigenvalue weighted by Crippen LogP contribution is -2.22. The number of anilines is 1. The standard InChI is InChI=1S/C13H14ClN3OS3/c1-3-19-12-16-17-13(21-12)20-8(2)11(18)15-10-6-4-9(14)5-7-10/h4-8H,3H2,1-2H3,(H,15,18)/t8-/m0/s1. The van der Waals surface area contributed by atoms with Gasteiger partial charge in [-0.3, -0.25) is 4.79 Å². The van der Waals surface area contributed by atoms with Gasteiger partial charge in [0.15, 0.2) is 8.68 Å². The first-order valence-corrected chi connectivity index (χ1v) is 9.34. The molecule has 1 atom stereocenters. The van der Waals surface area contributed by atoms with E-state index in [1.165, 1.54) is 23.1 Å². The molecule has 2 aromatic rings. The van der Waals surface area contributed by atoms with Crippen molar-refractivity contribution >= 4 is 58.1 Å². The van der Waals surface area contributed by atoms with Gasteiger partial charge in [-0.05, 0) is 36.9 Å². The summed E-state index contributed by atoms with van der Waals surface area (Å²) in [6.45, 7) is 3.92. The predicted molar refractivity (Wildman–Crippen MR) is 91.7 cm³/mol. The van der Waals surface area contributed by atoms with Crippen LogP contribution in [0.25, 0.3) is 0 Å². The number of thioether (sulfide) groups is 2. The molecule has 0 aliphatic carbocycles. The lowest BCUT2D eigenvalue weighted by molar-refractivity contribution is -0.115. The molecule has 0 aliphatic heterocycles. The van der Waals surface area contributed by atoms with Crippen LogP contribution >= 0.6 is 46.5 Å². The Kier molecular flexibility index (Phi) is 6.35. The zero-order chi connectivity index (χ0) is 15.2. The SMILES string of the molecule is CCSc1nnc(S[C@@H](C)C(=O)Nc2ccc(Cl)cc2)s1. The summed E-state index contributed by atoms with van der Waals surface area (Å²) in [5.41, 5.74) is 0.733. The fraction of sp³-hybridized carbons (Fsp3) is 0.308. The third-order valence-electron chi connectivity index (χ3n) is 2.41. The van der Waals surface area contributed by atoms with Crippen molar-refractivity contribution in [1.29, 1.82) is 0 Å². The molecule has 1 aromatic carbocycles. The van der Waals surface area contributed by atoms with E-state index in [1.807, 2.05) is 6.92 Å². The highest BCUT2D eigenvalue weighted by Gasteiger charge is 2.17. The Labute approximate surface area is 141 Å². The minimum absolute atomic E-state index is 0.0674. The van der Waals surface area contributed by atoms with E-state index in [0.717, 1.165) is 20.1 Å². The van der Waals surface area contributed by atoms with Crippen LogP contribution in [0.2, 0.25) is 5.02 Å². The minimum atomic E-state index is -0.242. The van der Waals surface area contributed by atoms with E-state index in [1.54, 1.807) is 36.0 Å². The molecular weight excluding hydrogens is 346 g/mol. The van der Waals surface area contributed by atoms with Crippen molar-refractivity contribution in [2.45, 2.75) is 27.8 Å². The molecule has 0 fully saturated rings. The number of nitrogens with one attached hydrogen (secondary N) is 1. The third-order valence-corrected chi connectivity index (χ3v) is 5.79. The quantitative estimate of drug-likeness (QED) is 0.773. The molecule has 0 saturated heterocycles. The van der Waals surface area contributed by atoms with Crippen molar-refractivity contribution in [3.63, 3.8) is 0 Å². The highest BCUT2D eigenvalue weighted by molar-refractivity contribution is 8.03. The number of amides is 1. The number of carbonyl (C=O) groups excluding carboxylic acids is 1. The molecular formula is C13H14ClN3OS3. The van der Waals surface area contributed by atoms with Crippen LogP contribution < -0.4 is 5.32 Å². The van der Waals surface area contributed by atoms with Gasteiger partial charge in [-0.25, -0.2) is 0 Å². The highest BCUT2D eigenvalue weighted by Crippen LogP contribution is 2.31. The number of hydrogen-bond donors (Lipinski definition) is 1. The zero-order valence-electron chi connectivity index (χ0n) is 11.5. The summed E-state index contributed by atoms with van der Waals surface area (Å²) in [6.07, 6.45) is 0. The van der Waals surface area contributed by atoms with Crippen LogP contribution in [0.3, 0.4) is 0 Å². The smallest absolute Gasteiger partial charge is 0.237 e. The van der Waals surface area contributed by atoms with Gasteiger partial charge in [0, 0.05) is 10.7 Å². The van der Waals surface area contributed by atoms with Crippen LogP contribution in [0, 0.1) is 0 Å². The van der Waals surface area contributed by atoms with Crippen molar-refractivity contribution in [3.8, 4) is 0 Å². The zero-order valence-corrected chi connectivity index (χ0v) is 14.7. The maximum absolute atomic E-state index is 12.1. The number of benzene rings is 1. The normalized spacial score (nSPS) is 12.1. The van der Waals surface area contributed by atoms with E-state index in [2.05, 4.69) is 22.4 Å². The van der Waals surface area contributed by atoms with Gasteiger partial charge in [0.1, 0.15) is 0 Å². The molecule has 0 spiro atoms. The Morgan fingerprint density at radius 1 is 1.33 bits per heavy atom. The topological polar surface area (TPSA) is 54.9 Å². The van der Waals surface area contributed by atoms with Crippen molar-refractivity contribution in [2.24, 2.45) is 0 Å².